The summed E-state index contributed by atoms with van der Waals surface area (Å²) in [5, 5.41) is 8.85. The standard InChI is InChI=1S/C12H11F3O3/c1-6(11(16)17)10-5-7-8(12(13,14)15)3-2-4-9(7)18-10/h2-4,6,10H,5H2,1H3,(H,16,17). The molecule has 18 heavy (non-hydrogen) atoms. The third-order valence-corrected chi connectivity index (χ3v) is 3.07. The van der Waals surface area contributed by atoms with Gasteiger partial charge in [0.25, 0.3) is 0 Å². The zero-order chi connectivity index (χ0) is 13.5. The zero-order valence-electron chi connectivity index (χ0n) is 9.49. The lowest BCUT2D eigenvalue weighted by molar-refractivity contribution is -0.143. The van der Waals surface area contributed by atoms with E-state index in [1.807, 2.05) is 0 Å². The van der Waals surface area contributed by atoms with E-state index in [2.05, 4.69) is 0 Å². The van der Waals surface area contributed by atoms with Gasteiger partial charge >= 0.3 is 12.1 Å². The minimum atomic E-state index is -4.45. The fourth-order valence-electron chi connectivity index (χ4n) is 2.00. The van der Waals surface area contributed by atoms with E-state index in [4.69, 9.17) is 9.84 Å². The number of benzene rings is 1. The highest BCUT2D eigenvalue weighted by Gasteiger charge is 2.40. The number of hydrogen-bond donors (Lipinski definition) is 1. The Morgan fingerprint density at radius 3 is 2.72 bits per heavy atom. The Labute approximate surface area is 101 Å². The summed E-state index contributed by atoms with van der Waals surface area (Å²) < 4.78 is 43.6. The number of alkyl halides is 3. The van der Waals surface area contributed by atoms with E-state index in [0.29, 0.717) is 0 Å². The molecule has 0 amide bonds. The van der Waals surface area contributed by atoms with Crippen molar-refractivity contribution in [2.45, 2.75) is 25.6 Å². The quantitative estimate of drug-likeness (QED) is 0.889. The Morgan fingerprint density at radius 1 is 1.50 bits per heavy atom. The van der Waals surface area contributed by atoms with Crippen molar-refractivity contribution >= 4 is 5.97 Å². The van der Waals surface area contributed by atoms with Crippen molar-refractivity contribution in [1.82, 2.24) is 0 Å². The molecule has 1 aliphatic rings. The number of carboxylic acids is 1. The van der Waals surface area contributed by atoms with E-state index in [-0.39, 0.29) is 17.7 Å². The second-order valence-corrected chi connectivity index (χ2v) is 4.27. The van der Waals surface area contributed by atoms with Crippen LogP contribution in [0.15, 0.2) is 18.2 Å². The number of ether oxygens (including phenoxy) is 1. The van der Waals surface area contributed by atoms with Gasteiger partial charge < -0.3 is 9.84 Å². The number of halogens is 3. The summed E-state index contributed by atoms with van der Waals surface area (Å²) in [6.45, 7) is 1.42. The Bertz CT molecular complexity index is 482. The molecule has 2 rings (SSSR count). The van der Waals surface area contributed by atoms with Crippen LogP contribution in [0, 0.1) is 5.92 Å². The lowest BCUT2D eigenvalue weighted by Gasteiger charge is -2.14. The predicted molar refractivity (Wildman–Crippen MR) is 56.4 cm³/mol. The molecule has 0 spiro atoms. The SMILES string of the molecule is CC(C(=O)O)C1Cc2c(cccc2C(F)(F)F)O1. The molecule has 0 aromatic heterocycles. The van der Waals surface area contributed by atoms with Gasteiger partial charge in [-0.15, -0.1) is 0 Å². The van der Waals surface area contributed by atoms with Crippen molar-refractivity contribution in [3.63, 3.8) is 0 Å². The van der Waals surface area contributed by atoms with Gasteiger partial charge in [0.2, 0.25) is 0 Å². The molecule has 2 atom stereocenters. The summed E-state index contributed by atoms with van der Waals surface area (Å²) >= 11 is 0. The van der Waals surface area contributed by atoms with Crippen molar-refractivity contribution in [2.75, 3.05) is 0 Å². The number of rotatable bonds is 2. The number of hydrogen-bond acceptors (Lipinski definition) is 2. The van der Waals surface area contributed by atoms with Gasteiger partial charge in [-0.1, -0.05) is 6.07 Å². The van der Waals surface area contributed by atoms with Crippen molar-refractivity contribution in [2.24, 2.45) is 5.92 Å². The first kappa shape index (κ1) is 12.7. The van der Waals surface area contributed by atoms with Gasteiger partial charge in [0.05, 0.1) is 11.5 Å². The highest BCUT2D eigenvalue weighted by atomic mass is 19.4. The second kappa shape index (κ2) is 4.19. The van der Waals surface area contributed by atoms with E-state index in [9.17, 15) is 18.0 Å². The number of carboxylic acid groups (broad SMARTS) is 1. The Balaban J connectivity index is 2.33. The van der Waals surface area contributed by atoms with E-state index in [0.717, 1.165) is 6.07 Å². The molecule has 98 valence electrons. The third-order valence-electron chi connectivity index (χ3n) is 3.07. The van der Waals surface area contributed by atoms with Crippen LogP contribution < -0.4 is 4.74 Å². The van der Waals surface area contributed by atoms with Crippen LogP contribution in [0.5, 0.6) is 5.75 Å². The maximum absolute atomic E-state index is 12.8. The third kappa shape index (κ3) is 2.14. The average molecular weight is 260 g/mol. The lowest BCUT2D eigenvalue weighted by atomic mass is 9.97. The van der Waals surface area contributed by atoms with Crippen LogP contribution in [0.1, 0.15) is 18.1 Å². The molecule has 1 N–H and O–H groups in total. The van der Waals surface area contributed by atoms with Gasteiger partial charge in [0, 0.05) is 12.0 Å². The van der Waals surface area contributed by atoms with Gasteiger partial charge in [0.15, 0.2) is 0 Å². The van der Waals surface area contributed by atoms with Gasteiger partial charge in [-0.3, -0.25) is 4.79 Å². The van der Waals surface area contributed by atoms with Crippen LogP contribution in [-0.4, -0.2) is 17.2 Å². The summed E-state index contributed by atoms with van der Waals surface area (Å²) in [4.78, 5) is 10.8. The molecule has 1 heterocycles. The topological polar surface area (TPSA) is 46.5 Å². The molecule has 0 bridgehead atoms. The molecular formula is C12H11F3O3. The Hall–Kier alpha value is -1.72. The van der Waals surface area contributed by atoms with Crippen molar-refractivity contribution in [3.05, 3.63) is 29.3 Å². The van der Waals surface area contributed by atoms with Crippen LogP contribution >= 0.6 is 0 Å². The highest BCUT2D eigenvalue weighted by molar-refractivity contribution is 5.70. The summed E-state index contributed by atoms with van der Waals surface area (Å²) in [5.41, 5.74) is -0.705. The molecule has 2 unspecified atom stereocenters. The van der Waals surface area contributed by atoms with Crippen LogP contribution in [0.25, 0.3) is 0 Å². The minimum Gasteiger partial charge on any atom is -0.489 e. The van der Waals surface area contributed by atoms with Crippen molar-refractivity contribution in [1.29, 1.82) is 0 Å². The van der Waals surface area contributed by atoms with Crippen LogP contribution in [0.3, 0.4) is 0 Å². The molecule has 0 aliphatic carbocycles. The molecular weight excluding hydrogens is 249 g/mol. The fourth-order valence-corrected chi connectivity index (χ4v) is 2.00. The van der Waals surface area contributed by atoms with Crippen LogP contribution in [0.2, 0.25) is 0 Å². The Kier molecular flexibility index (Phi) is 2.96. The molecule has 0 saturated carbocycles. The first-order valence-electron chi connectivity index (χ1n) is 5.39. The van der Waals surface area contributed by atoms with Gasteiger partial charge in [-0.05, 0) is 19.1 Å². The Morgan fingerprint density at radius 2 is 2.17 bits per heavy atom. The van der Waals surface area contributed by atoms with E-state index < -0.39 is 29.7 Å². The normalized spacial score (nSPS) is 20.1. The smallest absolute Gasteiger partial charge is 0.416 e. The van der Waals surface area contributed by atoms with Gasteiger partial charge in [0.1, 0.15) is 11.9 Å². The van der Waals surface area contributed by atoms with E-state index >= 15 is 0 Å². The summed E-state index contributed by atoms with van der Waals surface area (Å²) in [6, 6.07) is 3.67. The molecule has 6 heteroatoms. The molecule has 0 saturated heterocycles. The molecule has 1 aromatic carbocycles. The second-order valence-electron chi connectivity index (χ2n) is 4.27. The average Bonchev–Trinajstić information content (AvgIpc) is 2.69. The molecule has 1 aliphatic heterocycles. The zero-order valence-corrected chi connectivity index (χ0v) is 9.49. The molecule has 0 fully saturated rings. The lowest BCUT2D eigenvalue weighted by Crippen LogP contribution is -2.29. The number of fused-ring (bicyclic) bond motifs is 1. The predicted octanol–water partition coefficient (Wildman–Crippen LogP) is 2.73. The highest BCUT2D eigenvalue weighted by Crippen LogP contribution is 2.41. The monoisotopic (exact) mass is 260 g/mol. The van der Waals surface area contributed by atoms with Crippen molar-refractivity contribution < 1.29 is 27.8 Å². The molecule has 3 nitrogen and oxygen atoms in total. The number of carbonyl (C=O) groups is 1. The first-order valence-corrected chi connectivity index (χ1v) is 5.39. The molecule has 0 radical (unpaired) electrons. The van der Waals surface area contributed by atoms with E-state index in [1.165, 1.54) is 19.1 Å². The largest absolute Gasteiger partial charge is 0.489 e. The maximum atomic E-state index is 12.8. The summed E-state index contributed by atoms with van der Waals surface area (Å²) in [7, 11) is 0. The fraction of sp³-hybridized carbons (Fsp3) is 0.417. The minimum absolute atomic E-state index is 0.0293. The van der Waals surface area contributed by atoms with Crippen LogP contribution in [0.4, 0.5) is 13.2 Å². The van der Waals surface area contributed by atoms with Crippen LogP contribution in [-0.2, 0) is 17.4 Å². The van der Waals surface area contributed by atoms with Gasteiger partial charge in [-0.25, -0.2) is 0 Å². The van der Waals surface area contributed by atoms with E-state index in [1.54, 1.807) is 0 Å². The summed E-state index contributed by atoms with van der Waals surface area (Å²) in [6.07, 6.45) is -5.23. The molecule has 1 aromatic rings. The van der Waals surface area contributed by atoms with Gasteiger partial charge in [-0.2, -0.15) is 13.2 Å². The summed E-state index contributed by atoms with van der Waals surface area (Å²) in [5.74, 6) is -1.80. The maximum Gasteiger partial charge on any atom is 0.416 e. The van der Waals surface area contributed by atoms with Crippen molar-refractivity contribution in [3.8, 4) is 5.75 Å². The number of aliphatic carboxylic acids is 1. The first-order chi connectivity index (χ1) is 8.30.